The lowest BCUT2D eigenvalue weighted by molar-refractivity contribution is 0.0775. The average Bonchev–Trinajstić information content (AvgIpc) is 3.29. The van der Waals surface area contributed by atoms with Gasteiger partial charge in [0.05, 0.1) is 13.7 Å². The molecule has 0 saturated heterocycles. The zero-order chi connectivity index (χ0) is 18.5. The number of rotatable bonds is 7. The minimum absolute atomic E-state index is 0.182. The number of ether oxygens (including phenoxy) is 2. The van der Waals surface area contributed by atoms with Crippen LogP contribution in [0.1, 0.15) is 26.7 Å². The van der Waals surface area contributed by atoms with Crippen molar-refractivity contribution in [2.24, 2.45) is 0 Å². The molecule has 0 spiro atoms. The SMILES string of the molecule is COc1cccc(OCc2cc(C(=O)N(C)Cc3sccc3C)no2)c1. The van der Waals surface area contributed by atoms with Gasteiger partial charge in [-0.25, -0.2) is 0 Å². The molecule has 2 aromatic heterocycles. The molecule has 136 valence electrons. The second-order valence-electron chi connectivity index (χ2n) is 5.83. The van der Waals surface area contributed by atoms with Gasteiger partial charge in [0, 0.05) is 24.1 Å². The van der Waals surface area contributed by atoms with Crippen LogP contribution in [0.3, 0.4) is 0 Å². The van der Waals surface area contributed by atoms with Crippen LogP contribution in [0.2, 0.25) is 0 Å². The summed E-state index contributed by atoms with van der Waals surface area (Å²) in [5.41, 5.74) is 1.45. The van der Waals surface area contributed by atoms with Crippen LogP contribution in [0.15, 0.2) is 46.3 Å². The fourth-order valence-corrected chi connectivity index (χ4v) is 3.33. The van der Waals surface area contributed by atoms with Gasteiger partial charge in [0.25, 0.3) is 5.91 Å². The van der Waals surface area contributed by atoms with E-state index in [2.05, 4.69) is 5.16 Å². The molecule has 1 amide bonds. The third-order valence-electron chi connectivity index (χ3n) is 3.90. The van der Waals surface area contributed by atoms with Gasteiger partial charge in [0.2, 0.25) is 0 Å². The van der Waals surface area contributed by atoms with Crippen molar-refractivity contribution in [2.45, 2.75) is 20.1 Å². The van der Waals surface area contributed by atoms with Gasteiger partial charge in [-0.1, -0.05) is 11.2 Å². The summed E-state index contributed by atoms with van der Waals surface area (Å²) < 4.78 is 16.0. The largest absolute Gasteiger partial charge is 0.497 e. The van der Waals surface area contributed by atoms with Crippen LogP contribution >= 0.6 is 11.3 Å². The highest BCUT2D eigenvalue weighted by atomic mass is 32.1. The number of methoxy groups -OCH3 is 1. The van der Waals surface area contributed by atoms with Gasteiger partial charge < -0.3 is 18.9 Å². The van der Waals surface area contributed by atoms with Gasteiger partial charge in [0.15, 0.2) is 11.5 Å². The zero-order valence-electron chi connectivity index (χ0n) is 14.9. The lowest BCUT2D eigenvalue weighted by Crippen LogP contribution is -2.26. The lowest BCUT2D eigenvalue weighted by atomic mass is 10.2. The topological polar surface area (TPSA) is 64.8 Å². The zero-order valence-corrected chi connectivity index (χ0v) is 15.7. The van der Waals surface area contributed by atoms with Crippen molar-refractivity contribution in [2.75, 3.05) is 14.2 Å². The monoisotopic (exact) mass is 372 g/mol. The number of carbonyl (C=O) groups excluding carboxylic acids is 1. The van der Waals surface area contributed by atoms with Crippen molar-refractivity contribution in [3.63, 3.8) is 0 Å². The number of hydrogen-bond donors (Lipinski definition) is 0. The number of amides is 1. The smallest absolute Gasteiger partial charge is 0.276 e. The van der Waals surface area contributed by atoms with E-state index in [1.54, 1.807) is 42.5 Å². The molecule has 0 radical (unpaired) electrons. The normalized spacial score (nSPS) is 10.6. The van der Waals surface area contributed by atoms with Crippen molar-refractivity contribution in [3.05, 3.63) is 63.7 Å². The first-order chi connectivity index (χ1) is 12.6. The molecule has 0 atom stereocenters. The minimum Gasteiger partial charge on any atom is -0.497 e. The quantitative estimate of drug-likeness (QED) is 0.629. The Bertz CT molecular complexity index is 887. The minimum atomic E-state index is -0.186. The molecule has 0 fully saturated rings. The van der Waals surface area contributed by atoms with Crippen molar-refractivity contribution >= 4 is 17.2 Å². The summed E-state index contributed by atoms with van der Waals surface area (Å²) in [5.74, 6) is 1.66. The molecule has 2 heterocycles. The number of thiophene rings is 1. The highest BCUT2D eigenvalue weighted by Gasteiger charge is 2.18. The number of hydrogen-bond acceptors (Lipinski definition) is 6. The fraction of sp³-hybridized carbons (Fsp3) is 0.263. The van der Waals surface area contributed by atoms with E-state index in [4.69, 9.17) is 14.0 Å². The Labute approximate surface area is 155 Å². The maximum absolute atomic E-state index is 12.5. The summed E-state index contributed by atoms with van der Waals surface area (Å²) in [4.78, 5) is 15.3. The molecule has 6 nitrogen and oxygen atoms in total. The molecule has 0 bridgehead atoms. The summed E-state index contributed by atoms with van der Waals surface area (Å²) in [6, 6.07) is 10.9. The highest BCUT2D eigenvalue weighted by molar-refractivity contribution is 7.10. The van der Waals surface area contributed by atoms with Gasteiger partial charge in [0.1, 0.15) is 18.1 Å². The Morgan fingerprint density at radius 1 is 1.27 bits per heavy atom. The summed E-state index contributed by atoms with van der Waals surface area (Å²) in [6.45, 7) is 2.76. The molecule has 0 aliphatic rings. The maximum atomic E-state index is 12.5. The van der Waals surface area contributed by atoms with Crippen LogP contribution in [0, 0.1) is 6.92 Å². The fourth-order valence-electron chi connectivity index (χ4n) is 2.38. The van der Waals surface area contributed by atoms with E-state index >= 15 is 0 Å². The molecule has 1 aromatic carbocycles. The molecule has 26 heavy (non-hydrogen) atoms. The molecular formula is C19H20N2O4S. The molecular weight excluding hydrogens is 352 g/mol. The van der Waals surface area contributed by atoms with E-state index in [0.717, 1.165) is 4.88 Å². The van der Waals surface area contributed by atoms with Crippen LogP contribution in [-0.2, 0) is 13.2 Å². The summed E-state index contributed by atoms with van der Waals surface area (Å²) in [6.07, 6.45) is 0. The molecule has 0 N–H and O–H groups in total. The van der Waals surface area contributed by atoms with Gasteiger partial charge in [-0.3, -0.25) is 4.79 Å². The van der Waals surface area contributed by atoms with Crippen LogP contribution in [0.5, 0.6) is 11.5 Å². The third kappa shape index (κ3) is 4.23. The standard InChI is InChI=1S/C19H20N2O4S/c1-13-7-8-26-18(13)11-21(2)19(22)17-10-16(25-20-17)12-24-15-6-4-5-14(9-15)23-3/h4-10H,11-12H2,1-3H3. The molecule has 0 unspecified atom stereocenters. The molecule has 0 aliphatic carbocycles. The Hall–Kier alpha value is -2.80. The summed E-state index contributed by atoms with van der Waals surface area (Å²) >= 11 is 1.64. The van der Waals surface area contributed by atoms with E-state index in [9.17, 15) is 4.79 Å². The first-order valence-electron chi connectivity index (χ1n) is 8.07. The molecule has 7 heteroatoms. The van der Waals surface area contributed by atoms with Crippen LogP contribution < -0.4 is 9.47 Å². The van der Waals surface area contributed by atoms with Crippen LogP contribution in [0.4, 0.5) is 0 Å². The highest BCUT2D eigenvalue weighted by Crippen LogP contribution is 2.21. The van der Waals surface area contributed by atoms with Crippen molar-refractivity contribution < 1.29 is 18.8 Å². The first-order valence-corrected chi connectivity index (χ1v) is 8.95. The first kappa shape index (κ1) is 18.0. The van der Waals surface area contributed by atoms with E-state index in [0.29, 0.717) is 23.8 Å². The van der Waals surface area contributed by atoms with Gasteiger partial charge in [-0.2, -0.15) is 0 Å². The summed E-state index contributed by atoms with van der Waals surface area (Å²) in [5, 5.41) is 5.89. The molecule has 0 saturated carbocycles. The molecule has 3 aromatic rings. The van der Waals surface area contributed by atoms with E-state index in [-0.39, 0.29) is 18.2 Å². The van der Waals surface area contributed by atoms with Crippen molar-refractivity contribution in [1.29, 1.82) is 0 Å². The van der Waals surface area contributed by atoms with E-state index < -0.39 is 0 Å². The number of benzene rings is 1. The number of nitrogens with zero attached hydrogens (tertiary/aromatic N) is 2. The summed E-state index contributed by atoms with van der Waals surface area (Å²) in [7, 11) is 3.35. The Morgan fingerprint density at radius 3 is 2.81 bits per heavy atom. The van der Waals surface area contributed by atoms with Crippen molar-refractivity contribution in [1.82, 2.24) is 10.1 Å². The Morgan fingerprint density at radius 2 is 2.08 bits per heavy atom. The average molecular weight is 372 g/mol. The van der Waals surface area contributed by atoms with Gasteiger partial charge in [-0.05, 0) is 36.1 Å². The van der Waals surface area contributed by atoms with E-state index in [1.165, 1.54) is 5.56 Å². The predicted octanol–water partition coefficient (Wildman–Crippen LogP) is 3.90. The van der Waals surface area contributed by atoms with Crippen LogP contribution in [0.25, 0.3) is 0 Å². The number of aromatic nitrogens is 1. The van der Waals surface area contributed by atoms with E-state index in [1.807, 2.05) is 36.6 Å². The van der Waals surface area contributed by atoms with Gasteiger partial charge in [-0.15, -0.1) is 11.3 Å². The Balaban J connectivity index is 1.59. The number of carbonyl (C=O) groups is 1. The second-order valence-corrected chi connectivity index (χ2v) is 6.83. The molecule has 0 aliphatic heterocycles. The molecule has 3 rings (SSSR count). The number of aryl methyl sites for hydroxylation is 1. The lowest BCUT2D eigenvalue weighted by Gasteiger charge is -2.14. The van der Waals surface area contributed by atoms with Crippen molar-refractivity contribution in [3.8, 4) is 11.5 Å². The van der Waals surface area contributed by atoms with Crippen LogP contribution in [-0.4, -0.2) is 30.1 Å². The predicted molar refractivity (Wildman–Crippen MR) is 98.7 cm³/mol. The third-order valence-corrected chi connectivity index (χ3v) is 4.90. The van der Waals surface area contributed by atoms with Gasteiger partial charge >= 0.3 is 0 Å². The second kappa shape index (κ2) is 8.05. The maximum Gasteiger partial charge on any atom is 0.276 e. The Kier molecular flexibility index (Phi) is 5.58.